The standard InChI is InChI=1S/C17H21ClN2O/c18-14-9-7-13(8-10-14)16-15(21-20-17(16)19)11-12-5-3-1-2-4-6-12/h7-10,12H,1-6,11H2,(H2,19,20). The van der Waals surface area contributed by atoms with Gasteiger partial charge < -0.3 is 10.3 Å². The highest BCUT2D eigenvalue weighted by molar-refractivity contribution is 6.30. The second-order valence-corrected chi connectivity index (χ2v) is 6.37. The number of nitrogens with two attached hydrogens (primary N) is 1. The third kappa shape index (κ3) is 3.41. The van der Waals surface area contributed by atoms with Gasteiger partial charge in [-0.15, -0.1) is 0 Å². The molecule has 112 valence electrons. The van der Waals surface area contributed by atoms with Crippen LogP contribution in [0.5, 0.6) is 0 Å². The van der Waals surface area contributed by atoms with Gasteiger partial charge in [-0.1, -0.05) is 67.4 Å². The summed E-state index contributed by atoms with van der Waals surface area (Å²) in [5, 5.41) is 4.70. The number of nitrogens with zero attached hydrogens (tertiary/aromatic N) is 1. The normalized spacial score (nSPS) is 16.8. The monoisotopic (exact) mass is 304 g/mol. The largest absolute Gasteiger partial charge is 0.380 e. The first-order valence-corrected chi connectivity index (χ1v) is 8.12. The Labute approximate surface area is 130 Å². The van der Waals surface area contributed by atoms with E-state index in [1.54, 1.807) is 0 Å². The number of aromatic nitrogens is 1. The first-order valence-electron chi connectivity index (χ1n) is 7.74. The second kappa shape index (κ2) is 6.52. The number of benzene rings is 1. The minimum absolute atomic E-state index is 0.473. The number of anilines is 1. The Morgan fingerprint density at radius 2 is 1.76 bits per heavy atom. The number of nitrogen functional groups attached to an aromatic ring is 1. The lowest BCUT2D eigenvalue weighted by atomic mass is 9.92. The first-order chi connectivity index (χ1) is 10.2. The summed E-state index contributed by atoms with van der Waals surface area (Å²) >= 11 is 5.96. The van der Waals surface area contributed by atoms with E-state index in [-0.39, 0.29) is 0 Å². The Bertz CT molecular complexity index is 583. The average Bonchev–Trinajstić information content (AvgIpc) is 2.69. The molecule has 1 aromatic carbocycles. The summed E-state index contributed by atoms with van der Waals surface area (Å²) in [4.78, 5) is 0. The molecule has 0 unspecified atom stereocenters. The summed E-state index contributed by atoms with van der Waals surface area (Å²) in [5.41, 5.74) is 7.98. The molecule has 1 aliphatic rings. The highest BCUT2D eigenvalue weighted by atomic mass is 35.5. The van der Waals surface area contributed by atoms with Crippen molar-refractivity contribution in [3.05, 3.63) is 35.0 Å². The lowest BCUT2D eigenvalue weighted by Gasteiger charge is -2.12. The van der Waals surface area contributed by atoms with Crippen molar-refractivity contribution in [1.29, 1.82) is 0 Å². The summed E-state index contributed by atoms with van der Waals surface area (Å²) in [6.07, 6.45) is 8.86. The molecule has 1 aromatic heterocycles. The van der Waals surface area contributed by atoms with E-state index in [2.05, 4.69) is 5.16 Å². The Hall–Kier alpha value is -1.48. The van der Waals surface area contributed by atoms with Gasteiger partial charge in [-0.25, -0.2) is 0 Å². The van der Waals surface area contributed by atoms with Crippen LogP contribution in [-0.2, 0) is 6.42 Å². The zero-order valence-electron chi connectivity index (χ0n) is 12.1. The smallest absolute Gasteiger partial charge is 0.175 e. The summed E-state index contributed by atoms with van der Waals surface area (Å²) in [6, 6.07) is 7.70. The van der Waals surface area contributed by atoms with Crippen molar-refractivity contribution in [3.8, 4) is 11.1 Å². The Balaban J connectivity index is 1.84. The third-order valence-electron chi connectivity index (χ3n) is 4.37. The third-order valence-corrected chi connectivity index (χ3v) is 4.62. The zero-order valence-corrected chi connectivity index (χ0v) is 12.9. The quantitative estimate of drug-likeness (QED) is 0.803. The Morgan fingerprint density at radius 1 is 1.10 bits per heavy atom. The van der Waals surface area contributed by atoms with Crippen molar-refractivity contribution < 1.29 is 4.52 Å². The van der Waals surface area contributed by atoms with Crippen LogP contribution >= 0.6 is 11.6 Å². The van der Waals surface area contributed by atoms with Crippen molar-refractivity contribution >= 4 is 17.4 Å². The van der Waals surface area contributed by atoms with Gasteiger partial charge in [0.15, 0.2) is 5.82 Å². The predicted octanol–water partition coefficient (Wildman–Crippen LogP) is 5.09. The lowest BCUT2D eigenvalue weighted by molar-refractivity contribution is 0.347. The average molecular weight is 305 g/mol. The highest BCUT2D eigenvalue weighted by Crippen LogP contribution is 2.34. The molecule has 0 aliphatic heterocycles. The van der Waals surface area contributed by atoms with Crippen molar-refractivity contribution in [3.63, 3.8) is 0 Å². The van der Waals surface area contributed by atoms with Crippen LogP contribution in [-0.4, -0.2) is 5.16 Å². The zero-order chi connectivity index (χ0) is 14.7. The molecular formula is C17H21ClN2O. The Morgan fingerprint density at radius 3 is 2.43 bits per heavy atom. The molecule has 4 heteroatoms. The van der Waals surface area contributed by atoms with E-state index in [1.807, 2.05) is 24.3 Å². The minimum Gasteiger partial charge on any atom is -0.380 e. The van der Waals surface area contributed by atoms with Gasteiger partial charge in [0.2, 0.25) is 0 Å². The van der Waals surface area contributed by atoms with Gasteiger partial charge in [0.05, 0.1) is 5.56 Å². The van der Waals surface area contributed by atoms with Crippen LogP contribution in [0.1, 0.15) is 44.3 Å². The highest BCUT2D eigenvalue weighted by Gasteiger charge is 2.21. The molecule has 3 nitrogen and oxygen atoms in total. The van der Waals surface area contributed by atoms with Crippen molar-refractivity contribution in [1.82, 2.24) is 5.16 Å². The molecule has 2 aromatic rings. The summed E-state index contributed by atoms with van der Waals surface area (Å²) in [5.74, 6) is 2.08. The van der Waals surface area contributed by atoms with Crippen molar-refractivity contribution in [2.24, 2.45) is 5.92 Å². The number of hydrogen-bond donors (Lipinski definition) is 1. The summed E-state index contributed by atoms with van der Waals surface area (Å²) in [6.45, 7) is 0. The van der Waals surface area contributed by atoms with Crippen molar-refractivity contribution in [2.45, 2.75) is 44.9 Å². The summed E-state index contributed by atoms with van der Waals surface area (Å²) < 4.78 is 5.52. The van der Waals surface area contributed by atoms with Gasteiger partial charge in [0.25, 0.3) is 0 Å². The van der Waals surface area contributed by atoms with Crippen LogP contribution in [0.25, 0.3) is 11.1 Å². The predicted molar refractivity (Wildman–Crippen MR) is 86.3 cm³/mol. The molecule has 0 atom stereocenters. The van der Waals surface area contributed by atoms with Crippen LogP contribution in [0.3, 0.4) is 0 Å². The van der Waals surface area contributed by atoms with E-state index in [4.69, 9.17) is 21.9 Å². The molecule has 3 rings (SSSR count). The number of hydrogen-bond acceptors (Lipinski definition) is 3. The lowest BCUT2D eigenvalue weighted by Crippen LogP contribution is -2.03. The molecule has 2 N–H and O–H groups in total. The van der Waals surface area contributed by atoms with E-state index in [0.717, 1.165) is 28.3 Å². The molecule has 1 aliphatic carbocycles. The molecular weight excluding hydrogens is 284 g/mol. The fourth-order valence-corrected chi connectivity index (χ4v) is 3.36. The Kier molecular flexibility index (Phi) is 4.49. The first kappa shape index (κ1) is 14.5. The van der Waals surface area contributed by atoms with Crippen molar-refractivity contribution in [2.75, 3.05) is 5.73 Å². The fraction of sp³-hybridized carbons (Fsp3) is 0.471. The maximum absolute atomic E-state index is 6.01. The SMILES string of the molecule is Nc1noc(CC2CCCCCC2)c1-c1ccc(Cl)cc1. The van der Waals surface area contributed by atoms with Crippen LogP contribution in [0.15, 0.2) is 28.8 Å². The summed E-state index contributed by atoms with van der Waals surface area (Å²) in [7, 11) is 0. The van der Waals surface area contributed by atoms with Gasteiger partial charge in [0, 0.05) is 11.4 Å². The molecule has 0 bridgehead atoms. The van der Waals surface area contributed by atoms with Crippen LogP contribution in [0.4, 0.5) is 5.82 Å². The molecule has 0 amide bonds. The van der Waals surface area contributed by atoms with Gasteiger partial charge in [-0.3, -0.25) is 0 Å². The van der Waals surface area contributed by atoms with Gasteiger partial charge in [-0.05, 0) is 23.6 Å². The molecule has 0 radical (unpaired) electrons. The number of halogens is 1. The molecule has 21 heavy (non-hydrogen) atoms. The molecule has 1 saturated carbocycles. The van der Waals surface area contributed by atoms with E-state index in [1.165, 1.54) is 38.5 Å². The van der Waals surface area contributed by atoms with Gasteiger partial charge in [0.1, 0.15) is 5.76 Å². The minimum atomic E-state index is 0.473. The molecule has 1 heterocycles. The van der Waals surface area contributed by atoms with E-state index < -0.39 is 0 Å². The van der Waals surface area contributed by atoms with Crippen LogP contribution in [0, 0.1) is 5.92 Å². The van der Waals surface area contributed by atoms with Gasteiger partial charge in [-0.2, -0.15) is 0 Å². The van der Waals surface area contributed by atoms with E-state index >= 15 is 0 Å². The molecule has 0 saturated heterocycles. The fourth-order valence-electron chi connectivity index (χ4n) is 3.23. The van der Waals surface area contributed by atoms with Gasteiger partial charge >= 0.3 is 0 Å². The molecule has 0 spiro atoms. The maximum atomic E-state index is 6.01. The van der Waals surface area contributed by atoms with Crippen LogP contribution < -0.4 is 5.73 Å². The topological polar surface area (TPSA) is 52.0 Å². The molecule has 1 fully saturated rings. The van der Waals surface area contributed by atoms with Crippen LogP contribution in [0.2, 0.25) is 5.02 Å². The second-order valence-electron chi connectivity index (χ2n) is 5.93. The maximum Gasteiger partial charge on any atom is 0.175 e. The van der Waals surface area contributed by atoms with E-state index in [9.17, 15) is 0 Å². The number of rotatable bonds is 3. The van der Waals surface area contributed by atoms with E-state index in [0.29, 0.717) is 11.7 Å².